The van der Waals surface area contributed by atoms with Crippen LogP contribution >= 0.6 is 0 Å². The minimum absolute atomic E-state index is 0.0505. The Morgan fingerprint density at radius 1 is 1.26 bits per heavy atom. The lowest BCUT2D eigenvalue weighted by Gasteiger charge is -2.13. The van der Waals surface area contributed by atoms with Gasteiger partial charge in [-0.2, -0.15) is 0 Å². The van der Waals surface area contributed by atoms with Crippen LogP contribution < -0.4 is 10.1 Å². The highest BCUT2D eigenvalue weighted by atomic mass is 16.6. The van der Waals surface area contributed by atoms with E-state index in [-0.39, 0.29) is 17.7 Å². The predicted molar refractivity (Wildman–Crippen MR) is 87.9 cm³/mol. The fraction of sp³-hybridized carbons (Fsp3) is 0.235. The number of hydrogen-bond acceptors (Lipinski definition) is 4. The number of nitrogens with zero attached hydrogens (tertiary/aromatic N) is 1. The summed E-state index contributed by atoms with van der Waals surface area (Å²) < 4.78 is 5.71. The molecule has 1 N–H and O–H groups in total. The Labute approximate surface area is 134 Å². The lowest BCUT2D eigenvalue weighted by molar-refractivity contribution is -0.384. The maximum Gasteiger partial charge on any atom is 0.269 e. The molecule has 0 aliphatic carbocycles. The molecule has 2 aromatic rings. The molecule has 1 unspecified atom stereocenters. The van der Waals surface area contributed by atoms with Gasteiger partial charge >= 0.3 is 0 Å². The van der Waals surface area contributed by atoms with Gasteiger partial charge in [0.1, 0.15) is 5.75 Å². The van der Waals surface area contributed by atoms with Gasteiger partial charge in [0.15, 0.2) is 0 Å². The molecule has 6 nitrogen and oxygen atoms in total. The van der Waals surface area contributed by atoms with Gasteiger partial charge in [0.25, 0.3) is 11.6 Å². The average Bonchev–Trinajstić information content (AvgIpc) is 2.55. The summed E-state index contributed by atoms with van der Waals surface area (Å²) in [4.78, 5) is 22.3. The molecule has 0 saturated carbocycles. The van der Waals surface area contributed by atoms with E-state index < -0.39 is 4.92 Å². The van der Waals surface area contributed by atoms with E-state index in [1.54, 1.807) is 18.2 Å². The van der Waals surface area contributed by atoms with Crippen LogP contribution in [-0.4, -0.2) is 16.9 Å². The summed E-state index contributed by atoms with van der Waals surface area (Å²) in [7, 11) is 0. The standard InChI is InChI=1S/C17H18N2O4/c1-3-12(2)23-16-6-4-5-14(11-16)18-17(20)13-7-9-15(10-8-13)19(21)22/h4-12H,3H2,1-2H3,(H,18,20). The number of carbonyl (C=O) groups is 1. The van der Waals surface area contributed by atoms with Crippen LogP contribution in [0, 0.1) is 10.1 Å². The molecule has 0 heterocycles. The first-order valence-electron chi connectivity index (χ1n) is 7.32. The first kappa shape index (κ1) is 16.5. The molecule has 1 atom stereocenters. The molecule has 0 bridgehead atoms. The zero-order valence-corrected chi connectivity index (χ0v) is 13.0. The predicted octanol–water partition coefficient (Wildman–Crippen LogP) is 4.02. The van der Waals surface area contributed by atoms with Crippen molar-refractivity contribution in [1.82, 2.24) is 0 Å². The number of rotatable bonds is 6. The Morgan fingerprint density at radius 2 is 1.96 bits per heavy atom. The van der Waals surface area contributed by atoms with Crippen LogP contribution in [0.5, 0.6) is 5.75 Å². The van der Waals surface area contributed by atoms with E-state index in [0.717, 1.165) is 6.42 Å². The van der Waals surface area contributed by atoms with E-state index in [1.165, 1.54) is 24.3 Å². The Kier molecular flexibility index (Phi) is 5.30. The third-order valence-electron chi connectivity index (χ3n) is 3.34. The monoisotopic (exact) mass is 314 g/mol. The van der Waals surface area contributed by atoms with Crippen molar-refractivity contribution in [1.29, 1.82) is 0 Å². The van der Waals surface area contributed by atoms with Crippen molar-refractivity contribution >= 4 is 17.3 Å². The summed E-state index contributed by atoms with van der Waals surface area (Å²) >= 11 is 0. The highest BCUT2D eigenvalue weighted by molar-refractivity contribution is 6.04. The van der Waals surface area contributed by atoms with Gasteiger partial charge in [-0.1, -0.05) is 13.0 Å². The van der Waals surface area contributed by atoms with Crippen LogP contribution in [0.4, 0.5) is 11.4 Å². The molecule has 2 rings (SSSR count). The van der Waals surface area contributed by atoms with Crippen LogP contribution in [0.25, 0.3) is 0 Å². The van der Waals surface area contributed by atoms with E-state index in [1.807, 2.05) is 19.9 Å². The lowest BCUT2D eigenvalue weighted by atomic mass is 10.2. The van der Waals surface area contributed by atoms with Crippen molar-refractivity contribution in [2.75, 3.05) is 5.32 Å². The summed E-state index contributed by atoms with van der Waals surface area (Å²) in [6, 6.07) is 12.6. The normalized spacial score (nSPS) is 11.6. The highest BCUT2D eigenvalue weighted by Gasteiger charge is 2.10. The van der Waals surface area contributed by atoms with Crippen LogP contribution in [0.3, 0.4) is 0 Å². The second-order valence-corrected chi connectivity index (χ2v) is 5.12. The number of nitro benzene ring substituents is 1. The van der Waals surface area contributed by atoms with Gasteiger partial charge in [0.2, 0.25) is 0 Å². The minimum atomic E-state index is -0.503. The van der Waals surface area contributed by atoms with E-state index in [0.29, 0.717) is 17.0 Å². The summed E-state index contributed by atoms with van der Waals surface area (Å²) in [5.74, 6) is 0.349. The van der Waals surface area contributed by atoms with Gasteiger partial charge in [-0.3, -0.25) is 14.9 Å². The molecule has 0 radical (unpaired) electrons. The number of non-ortho nitro benzene ring substituents is 1. The summed E-state index contributed by atoms with van der Waals surface area (Å²) in [6.45, 7) is 4.01. The zero-order valence-electron chi connectivity index (χ0n) is 13.0. The number of carbonyl (C=O) groups excluding carboxylic acids is 1. The van der Waals surface area contributed by atoms with Gasteiger partial charge in [-0.05, 0) is 37.6 Å². The van der Waals surface area contributed by atoms with Crippen LogP contribution in [0.1, 0.15) is 30.6 Å². The molecule has 23 heavy (non-hydrogen) atoms. The van der Waals surface area contributed by atoms with E-state index in [4.69, 9.17) is 4.74 Å². The number of amides is 1. The maximum atomic E-state index is 12.2. The molecule has 0 aromatic heterocycles. The minimum Gasteiger partial charge on any atom is -0.491 e. The average molecular weight is 314 g/mol. The van der Waals surface area contributed by atoms with Gasteiger partial charge in [-0.25, -0.2) is 0 Å². The fourth-order valence-corrected chi connectivity index (χ4v) is 1.90. The third kappa shape index (κ3) is 4.54. The molecule has 0 fully saturated rings. The topological polar surface area (TPSA) is 81.5 Å². The third-order valence-corrected chi connectivity index (χ3v) is 3.34. The zero-order chi connectivity index (χ0) is 16.8. The number of anilines is 1. The van der Waals surface area contributed by atoms with Gasteiger partial charge in [-0.15, -0.1) is 0 Å². The molecule has 0 aliphatic heterocycles. The molecule has 0 aliphatic rings. The fourth-order valence-electron chi connectivity index (χ4n) is 1.90. The quantitative estimate of drug-likeness (QED) is 0.645. The number of ether oxygens (including phenoxy) is 1. The Bertz CT molecular complexity index is 698. The Hall–Kier alpha value is -2.89. The van der Waals surface area contributed by atoms with Crippen molar-refractivity contribution < 1.29 is 14.5 Å². The van der Waals surface area contributed by atoms with Gasteiger partial charge < -0.3 is 10.1 Å². The molecule has 0 spiro atoms. The Balaban J connectivity index is 2.07. The smallest absolute Gasteiger partial charge is 0.269 e. The van der Waals surface area contributed by atoms with Crippen molar-refractivity contribution in [3.63, 3.8) is 0 Å². The summed E-state index contributed by atoms with van der Waals surface area (Å²) in [5, 5.41) is 13.4. The van der Waals surface area contributed by atoms with Crippen molar-refractivity contribution in [3.05, 3.63) is 64.2 Å². The van der Waals surface area contributed by atoms with Gasteiger partial charge in [0, 0.05) is 29.4 Å². The number of nitrogens with one attached hydrogen (secondary N) is 1. The van der Waals surface area contributed by atoms with Crippen molar-refractivity contribution in [3.8, 4) is 5.75 Å². The summed E-state index contributed by atoms with van der Waals surface area (Å²) in [6.07, 6.45) is 0.981. The van der Waals surface area contributed by atoms with Crippen molar-refractivity contribution in [2.24, 2.45) is 0 Å². The highest BCUT2D eigenvalue weighted by Crippen LogP contribution is 2.20. The first-order valence-corrected chi connectivity index (χ1v) is 7.32. The van der Waals surface area contributed by atoms with Crippen LogP contribution in [0.2, 0.25) is 0 Å². The number of nitro groups is 1. The largest absolute Gasteiger partial charge is 0.491 e. The molecule has 120 valence electrons. The Morgan fingerprint density at radius 3 is 2.57 bits per heavy atom. The van der Waals surface area contributed by atoms with Crippen molar-refractivity contribution in [2.45, 2.75) is 26.4 Å². The van der Waals surface area contributed by atoms with E-state index in [9.17, 15) is 14.9 Å². The van der Waals surface area contributed by atoms with E-state index >= 15 is 0 Å². The second-order valence-electron chi connectivity index (χ2n) is 5.12. The number of benzene rings is 2. The molecular formula is C17H18N2O4. The maximum absolute atomic E-state index is 12.2. The van der Waals surface area contributed by atoms with E-state index in [2.05, 4.69) is 5.32 Å². The lowest BCUT2D eigenvalue weighted by Crippen LogP contribution is -2.13. The van der Waals surface area contributed by atoms with Gasteiger partial charge in [0.05, 0.1) is 11.0 Å². The second kappa shape index (κ2) is 7.40. The molecule has 2 aromatic carbocycles. The molecular weight excluding hydrogens is 296 g/mol. The summed E-state index contributed by atoms with van der Waals surface area (Å²) in [5.41, 5.74) is 0.906. The number of hydrogen-bond donors (Lipinski definition) is 1. The molecule has 1 amide bonds. The molecule has 0 saturated heterocycles. The van der Waals surface area contributed by atoms with Crippen LogP contribution in [0.15, 0.2) is 48.5 Å². The SMILES string of the molecule is CCC(C)Oc1cccc(NC(=O)c2ccc([N+](=O)[O-])cc2)c1. The molecule has 6 heteroatoms. The first-order chi connectivity index (χ1) is 11.0. The van der Waals surface area contributed by atoms with Crippen LogP contribution in [-0.2, 0) is 0 Å².